The van der Waals surface area contributed by atoms with Crippen LogP contribution < -0.4 is 15.8 Å². The van der Waals surface area contributed by atoms with Gasteiger partial charge in [-0.15, -0.1) is 0 Å². The fourth-order valence-electron chi connectivity index (χ4n) is 2.06. The van der Waals surface area contributed by atoms with E-state index in [0.29, 0.717) is 24.3 Å². The van der Waals surface area contributed by atoms with Crippen LogP contribution in [0.15, 0.2) is 42.5 Å². The quantitative estimate of drug-likeness (QED) is 0.806. The fourth-order valence-corrected chi connectivity index (χ4v) is 2.06. The molecule has 2 aromatic rings. The van der Waals surface area contributed by atoms with Crippen molar-refractivity contribution >= 4 is 11.6 Å². The molecule has 0 saturated carbocycles. The Labute approximate surface area is 129 Å². The van der Waals surface area contributed by atoms with Crippen LogP contribution in [0.3, 0.4) is 0 Å². The molecule has 0 bridgehead atoms. The van der Waals surface area contributed by atoms with Gasteiger partial charge < -0.3 is 15.8 Å². The maximum atomic E-state index is 13.1. The zero-order valence-electron chi connectivity index (χ0n) is 12.4. The van der Waals surface area contributed by atoms with Crippen molar-refractivity contribution in [3.05, 3.63) is 59.4 Å². The number of rotatable bonds is 6. The van der Waals surface area contributed by atoms with Crippen molar-refractivity contribution in [3.8, 4) is 5.75 Å². The summed E-state index contributed by atoms with van der Waals surface area (Å²) >= 11 is 0. The van der Waals surface area contributed by atoms with Crippen LogP contribution in [0.25, 0.3) is 0 Å². The number of benzene rings is 2. The number of carbonyl (C=O) groups excluding carboxylic acids is 1. The lowest BCUT2D eigenvalue weighted by Crippen LogP contribution is -2.17. The Kier molecular flexibility index (Phi) is 5.36. The highest BCUT2D eigenvalue weighted by Gasteiger charge is 2.05. The second-order valence-corrected chi connectivity index (χ2v) is 4.96. The highest BCUT2D eigenvalue weighted by molar-refractivity contribution is 5.75. The van der Waals surface area contributed by atoms with Gasteiger partial charge in [-0.3, -0.25) is 4.79 Å². The van der Waals surface area contributed by atoms with E-state index in [-0.39, 0.29) is 18.3 Å². The van der Waals surface area contributed by atoms with Gasteiger partial charge in [0.2, 0.25) is 5.91 Å². The summed E-state index contributed by atoms with van der Waals surface area (Å²) in [6.07, 6.45) is 1.04. The first-order valence-corrected chi connectivity index (χ1v) is 7.04. The SMILES string of the molecule is CNC(=O)CCc1ccc(OCc2cccc(F)c2)c(N)c1. The summed E-state index contributed by atoms with van der Waals surface area (Å²) in [7, 11) is 1.61. The molecule has 0 unspecified atom stereocenters. The molecule has 3 N–H and O–H groups in total. The van der Waals surface area contributed by atoms with Crippen molar-refractivity contribution in [1.82, 2.24) is 5.32 Å². The standard InChI is InChI=1S/C17H19FN2O2/c1-20-17(21)8-6-12-5-7-16(15(19)10-12)22-11-13-3-2-4-14(18)9-13/h2-5,7,9-10H,6,8,11,19H2,1H3,(H,20,21). The molecule has 5 heteroatoms. The lowest BCUT2D eigenvalue weighted by atomic mass is 10.1. The molecule has 116 valence electrons. The van der Waals surface area contributed by atoms with E-state index >= 15 is 0 Å². The molecular weight excluding hydrogens is 283 g/mol. The molecule has 2 rings (SSSR count). The first kappa shape index (κ1) is 15.8. The molecule has 0 aliphatic heterocycles. The molecule has 4 nitrogen and oxygen atoms in total. The van der Waals surface area contributed by atoms with Gasteiger partial charge in [0.25, 0.3) is 0 Å². The summed E-state index contributed by atoms with van der Waals surface area (Å²) in [6, 6.07) is 11.7. The third kappa shape index (κ3) is 4.48. The minimum absolute atomic E-state index is 0.00926. The smallest absolute Gasteiger partial charge is 0.220 e. The molecule has 0 spiro atoms. The monoisotopic (exact) mass is 302 g/mol. The van der Waals surface area contributed by atoms with E-state index in [4.69, 9.17) is 10.5 Å². The number of ether oxygens (including phenoxy) is 1. The Bertz CT molecular complexity index is 659. The Morgan fingerprint density at radius 2 is 2.05 bits per heavy atom. The number of halogens is 1. The Morgan fingerprint density at radius 3 is 2.73 bits per heavy atom. The minimum atomic E-state index is -0.293. The first-order valence-electron chi connectivity index (χ1n) is 7.04. The summed E-state index contributed by atoms with van der Waals surface area (Å²) in [6.45, 7) is 0.250. The molecule has 0 aliphatic carbocycles. The number of hydrogen-bond donors (Lipinski definition) is 2. The minimum Gasteiger partial charge on any atom is -0.487 e. The normalized spacial score (nSPS) is 10.3. The molecule has 2 aromatic carbocycles. The first-order chi connectivity index (χ1) is 10.6. The van der Waals surface area contributed by atoms with E-state index in [9.17, 15) is 9.18 Å². The molecule has 0 atom stereocenters. The van der Waals surface area contributed by atoms with Crippen molar-refractivity contribution in [2.45, 2.75) is 19.4 Å². The van der Waals surface area contributed by atoms with Crippen molar-refractivity contribution in [2.24, 2.45) is 0 Å². The third-order valence-corrected chi connectivity index (χ3v) is 3.28. The molecule has 0 saturated heterocycles. The second kappa shape index (κ2) is 7.45. The lowest BCUT2D eigenvalue weighted by Gasteiger charge is -2.10. The number of anilines is 1. The predicted molar refractivity (Wildman–Crippen MR) is 84.0 cm³/mol. The summed E-state index contributed by atoms with van der Waals surface area (Å²) in [5.74, 6) is 0.247. The van der Waals surface area contributed by atoms with Crippen LogP contribution in [-0.4, -0.2) is 13.0 Å². The molecule has 0 aromatic heterocycles. The number of nitrogens with one attached hydrogen (secondary N) is 1. The van der Waals surface area contributed by atoms with Crippen LogP contribution >= 0.6 is 0 Å². The van der Waals surface area contributed by atoms with E-state index in [0.717, 1.165) is 11.1 Å². The van der Waals surface area contributed by atoms with Gasteiger partial charge in [0.05, 0.1) is 5.69 Å². The number of amides is 1. The topological polar surface area (TPSA) is 64.3 Å². The van der Waals surface area contributed by atoms with E-state index in [2.05, 4.69) is 5.32 Å². The van der Waals surface area contributed by atoms with Gasteiger partial charge in [-0.2, -0.15) is 0 Å². The molecular formula is C17H19FN2O2. The zero-order chi connectivity index (χ0) is 15.9. The molecule has 0 heterocycles. The number of carbonyl (C=O) groups is 1. The van der Waals surface area contributed by atoms with Crippen LogP contribution in [0.2, 0.25) is 0 Å². The van der Waals surface area contributed by atoms with E-state index in [1.165, 1.54) is 12.1 Å². The van der Waals surface area contributed by atoms with Crippen LogP contribution in [0, 0.1) is 5.82 Å². The molecule has 0 radical (unpaired) electrons. The van der Waals surface area contributed by atoms with E-state index in [1.807, 2.05) is 6.07 Å². The molecule has 22 heavy (non-hydrogen) atoms. The second-order valence-electron chi connectivity index (χ2n) is 4.96. The highest BCUT2D eigenvalue weighted by Crippen LogP contribution is 2.24. The van der Waals surface area contributed by atoms with Crippen molar-refractivity contribution < 1.29 is 13.9 Å². The maximum absolute atomic E-state index is 13.1. The molecule has 1 amide bonds. The van der Waals surface area contributed by atoms with Gasteiger partial charge in [-0.05, 0) is 41.8 Å². The summed E-state index contributed by atoms with van der Waals surface area (Å²) < 4.78 is 18.7. The van der Waals surface area contributed by atoms with Crippen LogP contribution in [0.1, 0.15) is 17.5 Å². The summed E-state index contributed by atoms with van der Waals surface area (Å²) in [4.78, 5) is 11.2. The van der Waals surface area contributed by atoms with Crippen molar-refractivity contribution in [2.75, 3.05) is 12.8 Å². The number of nitrogens with two attached hydrogens (primary N) is 1. The van der Waals surface area contributed by atoms with E-state index in [1.54, 1.807) is 31.3 Å². The number of nitrogen functional groups attached to an aromatic ring is 1. The Hall–Kier alpha value is -2.56. The van der Waals surface area contributed by atoms with Gasteiger partial charge in [0, 0.05) is 13.5 Å². The van der Waals surface area contributed by atoms with Gasteiger partial charge in [-0.1, -0.05) is 18.2 Å². The Balaban J connectivity index is 1.96. The predicted octanol–water partition coefficient (Wildman–Crippen LogP) is 2.67. The molecule has 0 aliphatic rings. The summed E-state index contributed by atoms with van der Waals surface area (Å²) in [5.41, 5.74) is 8.17. The van der Waals surface area contributed by atoms with Gasteiger partial charge in [0.15, 0.2) is 0 Å². The lowest BCUT2D eigenvalue weighted by molar-refractivity contribution is -0.120. The van der Waals surface area contributed by atoms with Gasteiger partial charge >= 0.3 is 0 Å². The summed E-state index contributed by atoms with van der Waals surface area (Å²) in [5, 5.41) is 2.58. The average molecular weight is 302 g/mol. The van der Waals surface area contributed by atoms with Crippen molar-refractivity contribution in [1.29, 1.82) is 0 Å². The maximum Gasteiger partial charge on any atom is 0.220 e. The van der Waals surface area contributed by atoms with E-state index < -0.39 is 0 Å². The van der Waals surface area contributed by atoms with Crippen LogP contribution in [-0.2, 0) is 17.8 Å². The molecule has 0 fully saturated rings. The zero-order valence-corrected chi connectivity index (χ0v) is 12.4. The Morgan fingerprint density at radius 1 is 1.23 bits per heavy atom. The number of aryl methyl sites for hydroxylation is 1. The largest absolute Gasteiger partial charge is 0.487 e. The average Bonchev–Trinajstić information content (AvgIpc) is 2.51. The van der Waals surface area contributed by atoms with Crippen molar-refractivity contribution in [3.63, 3.8) is 0 Å². The third-order valence-electron chi connectivity index (χ3n) is 3.28. The van der Waals surface area contributed by atoms with Gasteiger partial charge in [0.1, 0.15) is 18.2 Å². The van der Waals surface area contributed by atoms with Crippen LogP contribution in [0.4, 0.5) is 10.1 Å². The highest BCUT2D eigenvalue weighted by atomic mass is 19.1. The van der Waals surface area contributed by atoms with Gasteiger partial charge in [-0.25, -0.2) is 4.39 Å². The fraction of sp³-hybridized carbons (Fsp3) is 0.235. The number of hydrogen-bond acceptors (Lipinski definition) is 3. The van der Waals surface area contributed by atoms with Crippen LogP contribution in [0.5, 0.6) is 5.75 Å².